The van der Waals surface area contributed by atoms with Gasteiger partial charge in [-0.3, -0.25) is 9.59 Å². The number of nitrogens with zero attached hydrogens (tertiary/aromatic N) is 3. The van der Waals surface area contributed by atoms with Gasteiger partial charge in [0.15, 0.2) is 5.76 Å². The first-order chi connectivity index (χ1) is 22.6. The van der Waals surface area contributed by atoms with Crippen molar-refractivity contribution >= 4 is 23.2 Å². The second kappa shape index (κ2) is 17.6. The molecule has 3 heterocycles. The van der Waals surface area contributed by atoms with E-state index in [0.29, 0.717) is 37.9 Å². The number of carbonyl (C=O) groups is 2. The third-order valence-corrected chi connectivity index (χ3v) is 9.00. The van der Waals surface area contributed by atoms with Gasteiger partial charge in [0.25, 0.3) is 5.88 Å². The van der Waals surface area contributed by atoms with Crippen LogP contribution in [0.15, 0.2) is 34.3 Å². The van der Waals surface area contributed by atoms with Crippen molar-refractivity contribution in [2.75, 3.05) is 60.3 Å². The molecule has 3 N–H and O–H groups in total. The number of aryl methyl sites for hydroxylation is 1. The van der Waals surface area contributed by atoms with E-state index in [9.17, 15) is 14.7 Å². The molecular formula is C33H47N5O8S. The number of benzene rings is 1. The number of rotatable bonds is 18. The zero-order valence-corrected chi connectivity index (χ0v) is 28.8. The second-order valence-corrected chi connectivity index (χ2v) is 12.7. The highest BCUT2D eigenvalue weighted by atomic mass is 32.1. The minimum atomic E-state index is -0.857. The number of hydrogen-bond donors (Lipinski definition) is 3. The standard InChI is InChI=1S/C33H47N5O8S/c1-20(2)30(28-17-29(37-46-28)45-14-13-44-12-11-43-10-9-34-5)33(41)38-18-24(39)16-26(38)32(40)36-21(3)25-8-7-23(15-27(25)42-6)31-22(4)35-19-47-31/h7-8,15,17,19-21,24,26,30,34,39H,9-14,16,18H2,1-6H3,(H,36,40)/t21-,24+,26-,30-/m0/s1. The van der Waals surface area contributed by atoms with Crippen LogP contribution in [0.1, 0.15) is 56.2 Å². The highest BCUT2D eigenvalue weighted by Gasteiger charge is 2.43. The third kappa shape index (κ3) is 9.51. The Morgan fingerprint density at radius 2 is 1.87 bits per heavy atom. The first-order valence-electron chi connectivity index (χ1n) is 15.9. The van der Waals surface area contributed by atoms with Crippen LogP contribution in [0.25, 0.3) is 10.4 Å². The van der Waals surface area contributed by atoms with Gasteiger partial charge in [-0.15, -0.1) is 11.3 Å². The van der Waals surface area contributed by atoms with Crippen LogP contribution in [0.5, 0.6) is 11.6 Å². The molecule has 4 rings (SSSR count). The average molecular weight is 674 g/mol. The van der Waals surface area contributed by atoms with E-state index in [1.54, 1.807) is 30.0 Å². The quantitative estimate of drug-likeness (QED) is 0.170. The first kappa shape index (κ1) is 36.3. The molecule has 258 valence electrons. The molecule has 4 atom stereocenters. The molecule has 1 fully saturated rings. The van der Waals surface area contributed by atoms with Crippen LogP contribution in [-0.2, 0) is 19.1 Å². The van der Waals surface area contributed by atoms with Gasteiger partial charge in [0, 0.05) is 31.1 Å². The maximum Gasteiger partial charge on any atom is 0.254 e. The van der Waals surface area contributed by atoms with Gasteiger partial charge in [-0.1, -0.05) is 26.0 Å². The number of aromatic nitrogens is 2. The summed E-state index contributed by atoms with van der Waals surface area (Å²) in [6.45, 7) is 10.6. The highest BCUT2D eigenvalue weighted by Crippen LogP contribution is 2.35. The summed E-state index contributed by atoms with van der Waals surface area (Å²) < 4.78 is 27.8. The van der Waals surface area contributed by atoms with Crippen molar-refractivity contribution in [3.8, 4) is 22.1 Å². The van der Waals surface area contributed by atoms with Crippen LogP contribution in [-0.4, -0.2) is 104 Å². The summed E-state index contributed by atoms with van der Waals surface area (Å²) in [6, 6.07) is 6.16. The van der Waals surface area contributed by atoms with Crippen molar-refractivity contribution < 1.29 is 38.2 Å². The number of thiazole rings is 1. The summed E-state index contributed by atoms with van der Waals surface area (Å²) >= 11 is 1.55. The lowest BCUT2D eigenvalue weighted by atomic mass is 9.91. The normalized spacial score (nSPS) is 17.6. The molecule has 0 unspecified atom stereocenters. The number of hydrogen-bond acceptors (Lipinski definition) is 12. The Hall–Kier alpha value is -3.56. The number of ether oxygens (including phenoxy) is 4. The number of likely N-dealkylation sites (N-methyl/N-ethyl adjacent to an activating group) is 1. The van der Waals surface area contributed by atoms with E-state index in [4.69, 9.17) is 23.5 Å². The molecule has 0 bridgehead atoms. The summed E-state index contributed by atoms with van der Waals surface area (Å²) in [4.78, 5) is 34.4. The van der Waals surface area contributed by atoms with Crippen molar-refractivity contribution in [3.05, 3.63) is 46.8 Å². The van der Waals surface area contributed by atoms with E-state index in [0.717, 1.165) is 28.2 Å². The monoisotopic (exact) mass is 673 g/mol. The molecule has 2 amide bonds. The van der Waals surface area contributed by atoms with E-state index in [1.807, 2.05) is 52.9 Å². The molecule has 13 nitrogen and oxygen atoms in total. The Morgan fingerprint density at radius 1 is 1.13 bits per heavy atom. The van der Waals surface area contributed by atoms with Crippen LogP contribution in [0.3, 0.4) is 0 Å². The van der Waals surface area contributed by atoms with E-state index < -0.39 is 24.1 Å². The highest BCUT2D eigenvalue weighted by molar-refractivity contribution is 7.13. The molecule has 1 aliphatic rings. The van der Waals surface area contributed by atoms with E-state index in [-0.39, 0.29) is 43.2 Å². The van der Waals surface area contributed by atoms with Gasteiger partial charge in [-0.05, 0) is 43.6 Å². The van der Waals surface area contributed by atoms with Crippen LogP contribution < -0.4 is 20.1 Å². The van der Waals surface area contributed by atoms with Crippen molar-refractivity contribution in [1.29, 1.82) is 0 Å². The fourth-order valence-electron chi connectivity index (χ4n) is 5.58. The van der Waals surface area contributed by atoms with Gasteiger partial charge in [0.1, 0.15) is 24.3 Å². The van der Waals surface area contributed by atoms with Gasteiger partial charge >= 0.3 is 0 Å². The molecule has 1 saturated heterocycles. The van der Waals surface area contributed by atoms with Gasteiger partial charge in [-0.2, -0.15) is 0 Å². The molecule has 47 heavy (non-hydrogen) atoms. The van der Waals surface area contributed by atoms with E-state index in [1.165, 1.54) is 4.90 Å². The maximum atomic E-state index is 14.0. The number of carbonyl (C=O) groups excluding carboxylic acids is 2. The Balaban J connectivity index is 1.37. The largest absolute Gasteiger partial charge is 0.496 e. The van der Waals surface area contributed by atoms with Crippen molar-refractivity contribution in [2.24, 2.45) is 5.92 Å². The predicted octanol–water partition coefficient (Wildman–Crippen LogP) is 3.33. The molecular weight excluding hydrogens is 626 g/mol. The van der Waals surface area contributed by atoms with E-state index in [2.05, 4.69) is 20.8 Å². The Labute approximate surface area is 279 Å². The molecule has 0 aliphatic carbocycles. The summed E-state index contributed by atoms with van der Waals surface area (Å²) in [5.41, 5.74) is 4.52. The lowest BCUT2D eigenvalue weighted by molar-refractivity contribution is -0.141. The van der Waals surface area contributed by atoms with Gasteiger partial charge < -0.3 is 44.1 Å². The third-order valence-electron chi connectivity index (χ3n) is 8.02. The summed E-state index contributed by atoms with van der Waals surface area (Å²) in [5, 5.41) is 20.6. The molecule has 0 radical (unpaired) electrons. The molecule has 0 spiro atoms. The predicted molar refractivity (Wildman–Crippen MR) is 177 cm³/mol. The van der Waals surface area contributed by atoms with Crippen molar-refractivity contribution in [2.45, 2.75) is 58.2 Å². The fourth-order valence-corrected chi connectivity index (χ4v) is 6.39. The second-order valence-electron chi connectivity index (χ2n) is 11.8. The number of β-amino-alcohol motifs (C(OH)–C–C–N with tert-alkyl or cyclic N) is 1. The minimum absolute atomic E-state index is 0.0360. The Kier molecular flexibility index (Phi) is 13.5. The molecule has 1 aliphatic heterocycles. The molecule has 14 heteroatoms. The van der Waals surface area contributed by atoms with Crippen molar-refractivity contribution in [1.82, 2.24) is 25.7 Å². The minimum Gasteiger partial charge on any atom is -0.496 e. The average Bonchev–Trinajstić information content (AvgIpc) is 3.79. The summed E-state index contributed by atoms with van der Waals surface area (Å²) in [5.74, 6) is -0.395. The lowest BCUT2D eigenvalue weighted by Gasteiger charge is -2.29. The fraction of sp³-hybridized carbons (Fsp3) is 0.576. The zero-order chi connectivity index (χ0) is 33.9. The first-order valence-corrected chi connectivity index (χ1v) is 16.8. The van der Waals surface area contributed by atoms with Crippen LogP contribution in [0.4, 0.5) is 0 Å². The number of likely N-dealkylation sites (tertiary alicyclic amines) is 1. The van der Waals surface area contributed by atoms with Crippen LogP contribution >= 0.6 is 11.3 Å². The van der Waals surface area contributed by atoms with Gasteiger partial charge in [0.2, 0.25) is 11.8 Å². The molecule has 0 saturated carbocycles. The van der Waals surface area contributed by atoms with E-state index >= 15 is 0 Å². The number of aliphatic hydroxyl groups excluding tert-OH is 1. The maximum absolute atomic E-state index is 14.0. The van der Waals surface area contributed by atoms with Crippen LogP contribution in [0.2, 0.25) is 0 Å². The molecule has 2 aromatic heterocycles. The zero-order valence-electron chi connectivity index (χ0n) is 28.0. The van der Waals surface area contributed by atoms with Gasteiger partial charge in [0.05, 0.1) is 61.8 Å². The lowest BCUT2D eigenvalue weighted by Crippen LogP contribution is -2.48. The summed E-state index contributed by atoms with van der Waals surface area (Å²) in [7, 11) is 3.46. The van der Waals surface area contributed by atoms with Gasteiger partial charge in [-0.25, -0.2) is 4.98 Å². The van der Waals surface area contributed by atoms with Crippen molar-refractivity contribution in [3.63, 3.8) is 0 Å². The Morgan fingerprint density at radius 3 is 2.55 bits per heavy atom. The number of aliphatic hydroxyl groups is 1. The molecule has 1 aromatic carbocycles. The number of amides is 2. The number of nitrogens with one attached hydrogen (secondary N) is 2. The smallest absolute Gasteiger partial charge is 0.254 e. The summed E-state index contributed by atoms with van der Waals surface area (Å²) in [6.07, 6.45) is -0.710. The topological polar surface area (TPSA) is 158 Å². The SMILES string of the molecule is CNCCOCCOCCOc1cc([C@@H](C(=O)N2C[C@H](O)C[C@H]2C(=O)N[C@@H](C)c2ccc(-c3scnc3C)cc2OC)C(C)C)on1. The number of methoxy groups -OCH3 is 1. The molecule has 3 aromatic rings. The Bertz CT molecular complexity index is 1450. The van der Waals surface area contributed by atoms with Crippen LogP contribution in [0, 0.1) is 12.8 Å².